The van der Waals surface area contributed by atoms with Gasteiger partial charge in [0, 0.05) is 28.9 Å². The second-order valence-electron chi connectivity index (χ2n) is 9.56. The molecule has 2 fully saturated rings. The first-order valence-corrected chi connectivity index (χ1v) is 12.6. The highest BCUT2D eigenvalue weighted by Crippen LogP contribution is 2.54. The van der Waals surface area contributed by atoms with E-state index in [1.54, 1.807) is 24.1 Å². The van der Waals surface area contributed by atoms with Crippen LogP contribution in [-0.4, -0.2) is 33.5 Å². The number of Topliss-reactive ketones (excluding diaryl/α,β-unsaturated/α-hetero) is 1. The van der Waals surface area contributed by atoms with E-state index in [-0.39, 0.29) is 22.0 Å². The zero-order chi connectivity index (χ0) is 26.9. The van der Waals surface area contributed by atoms with Gasteiger partial charge < -0.3 is 4.90 Å². The van der Waals surface area contributed by atoms with Crippen molar-refractivity contribution in [3.63, 3.8) is 0 Å². The summed E-state index contributed by atoms with van der Waals surface area (Å²) in [4.78, 5) is 55.6. The van der Waals surface area contributed by atoms with E-state index in [1.165, 1.54) is 30.3 Å². The van der Waals surface area contributed by atoms with Crippen molar-refractivity contribution in [3.05, 3.63) is 109 Å². The summed E-state index contributed by atoms with van der Waals surface area (Å²) in [6.45, 7) is 1.61. The van der Waals surface area contributed by atoms with Crippen LogP contribution in [0.4, 0.5) is 11.4 Å². The van der Waals surface area contributed by atoms with Crippen molar-refractivity contribution >= 4 is 58.3 Å². The van der Waals surface area contributed by atoms with Gasteiger partial charge in [0.25, 0.3) is 5.69 Å². The zero-order valence-electron chi connectivity index (χ0n) is 19.9. The number of non-ortho nitro benzene ring substituents is 1. The van der Waals surface area contributed by atoms with E-state index in [4.69, 9.17) is 23.2 Å². The van der Waals surface area contributed by atoms with E-state index in [0.717, 1.165) is 16.0 Å². The van der Waals surface area contributed by atoms with Gasteiger partial charge in [-0.15, -0.1) is 0 Å². The van der Waals surface area contributed by atoms with Gasteiger partial charge in [0.2, 0.25) is 11.8 Å². The number of nitro groups is 1. The van der Waals surface area contributed by atoms with Gasteiger partial charge in [-0.05, 0) is 54.0 Å². The molecule has 0 aliphatic carbocycles. The van der Waals surface area contributed by atoms with Crippen LogP contribution >= 0.6 is 23.2 Å². The molecule has 3 heterocycles. The van der Waals surface area contributed by atoms with Crippen molar-refractivity contribution in [3.8, 4) is 0 Å². The van der Waals surface area contributed by atoms with Crippen LogP contribution in [0.15, 0.2) is 66.9 Å². The number of nitro benzene ring substituents is 1. The van der Waals surface area contributed by atoms with Crippen LogP contribution in [0, 0.1) is 28.9 Å². The first kappa shape index (κ1) is 24.3. The molecule has 0 spiro atoms. The molecule has 8 nitrogen and oxygen atoms in total. The summed E-state index contributed by atoms with van der Waals surface area (Å²) < 4.78 is 0. The normalized spacial score (nSPS) is 23.3. The molecule has 0 bridgehead atoms. The molecule has 6 rings (SSSR count). The minimum Gasteiger partial charge on any atom is -0.358 e. The minimum atomic E-state index is -0.993. The second-order valence-corrected chi connectivity index (χ2v) is 10.4. The summed E-state index contributed by atoms with van der Waals surface area (Å²) in [5.41, 5.74) is 2.47. The third-order valence-electron chi connectivity index (χ3n) is 7.56. The molecular formula is C28H19Cl2N3O5. The van der Waals surface area contributed by atoms with Gasteiger partial charge >= 0.3 is 0 Å². The van der Waals surface area contributed by atoms with Crippen LogP contribution < -0.4 is 4.90 Å². The maximum atomic E-state index is 14.0. The number of hydrogen-bond acceptors (Lipinski definition) is 6. The number of rotatable bonds is 4. The van der Waals surface area contributed by atoms with E-state index in [2.05, 4.69) is 0 Å². The summed E-state index contributed by atoms with van der Waals surface area (Å²) in [5.74, 6) is -3.20. The van der Waals surface area contributed by atoms with Gasteiger partial charge in [-0.3, -0.25) is 24.5 Å². The largest absolute Gasteiger partial charge is 0.358 e. The molecule has 3 aliphatic heterocycles. The quantitative estimate of drug-likeness (QED) is 0.182. The highest BCUT2D eigenvalue weighted by molar-refractivity contribution is 6.37. The zero-order valence-corrected chi connectivity index (χ0v) is 21.4. The molecule has 38 heavy (non-hydrogen) atoms. The molecule has 1 unspecified atom stereocenters. The van der Waals surface area contributed by atoms with Crippen LogP contribution in [0.25, 0.3) is 6.08 Å². The van der Waals surface area contributed by atoms with Crippen molar-refractivity contribution in [1.29, 1.82) is 0 Å². The molecule has 0 aromatic heterocycles. The molecule has 0 N–H and O–H groups in total. The van der Waals surface area contributed by atoms with Crippen molar-refractivity contribution < 1.29 is 19.3 Å². The Morgan fingerprint density at radius 2 is 1.71 bits per heavy atom. The Labute approximate surface area is 227 Å². The van der Waals surface area contributed by atoms with E-state index in [0.29, 0.717) is 10.6 Å². The predicted molar refractivity (Wildman–Crippen MR) is 142 cm³/mol. The standard InChI is InChI=1S/C28H19Cl2N3O5/c1-14-12-17(33(37)38)7-9-21(14)32-27(35)22-23(28(32)36)25(26(34)19-8-6-16(29)13-20(19)30)31-11-10-15-4-2-3-5-18(15)24(22)31/h2-13,22-25H,1H3/t22-,23+,24?,25-/m0/s1. The lowest BCUT2D eigenvalue weighted by molar-refractivity contribution is -0.384. The van der Waals surface area contributed by atoms with Crippen LogP contribution in [0.1, 0.15) is 33.1 Å². The fraction of sp³-hybridized carbons (Fsp3) is 0.179. The summed E-state index contributed by atoms with van der Waals surface area (Å²) in [6.07, 6.45) is 3.63. The average Bonchev–Trinajstić information content (AvgIpc) is 3.36. The Bertz CT molecular complexity index is 1600. The predicted octanol–water partition coefficient (Wildman–Crippen LogP) is 5.61. The number of nitrogens with zero attached hydrogens (tertiary/aromatic N) is 3. The molecule has 190 valence electrons. The molecule has 3 aromatic rings. The van der Waals surface area contributed by atoms with Crippen molar-refractivity contribution in [2.24, 2.45) is 11.8 Å². The van der Waals surface area contributed by atoms with Gasteiger partial charge in [-0.1, -0.05) is 47.5 Å². The van der Waals surface area contributed by atoms with Crippen LogP contribution in [0.2, 0.25) is 10.0 Å². The number of ketones is 1. The number of hydrogen-bond donors (Lipinski definition) is 0. The van der Waals surface area contributed by atoms with Gasteiger partial charge in [-0.2, -0.15) is 0 Å². The van der Waals surface area contributed by atoms with E-state index in [1.807, 2.05) is 30.3 Å². The number of carbonyl (C=O) groups excluding carboxylic acids is 3. The summed E-state index contributed by atoms with van der Waals surface area (Å²) in [5, 5.41) is 11.8. The average molecular weight is 548 g/mol. The third kappa shape index (κ3) is 3.48. The molecule has 3 aromatic carbocycles. The number of anilines is 1. The molecule has 10 heteroatoms. The fourth-order valence-electron chi connectivity index (χ4n) is 5.95. The van der Waals surface area contributed by atoms with Gasteiger partial charge in [0.15, 0.2) is 5.78 Å². The Balaban J connectivity index is 1.50. The summed E-state index contributed by atoms with van der Waals surface area (Å²) in [6, 6.07) is 14.6. The minimum absolute atomic E-state index is 0.145. The monoisotopic (exact) mass is 547 g/mol. The van der Waals surface area contributed by atoms with Crippen molar-refractivity contribution in [1.82, 2.24) is 4.90 Å². The molecule has 0 radical (unpaired) electrons. The summed E-state index contributed by atoms with van der Waals surface area (Å²) in [7, 11) is 0. The number of amides is 2. The van der Waals surface area contributed by atoms with Crippen molar-refractivity contribution in [2.75, 3.05) is 4.90 Å². The Hall–Kier alpha value is -4.01. The number of benzene rings is 3. The van der Waals surface area contributed by atoms with E-state index in [9.17, 15) is 24.5 Å². The first-order chi connectivity index (χ1) is 18.2. The molecule has 3 aliphatic rings. The molecular weight excluding hydrogens is 529 g/mol. The maximum Gasteiger partial charge on any atom is 0.269 e. The topological polar surface area (TPSA) is 101 Å². The highest BCUT2D eigenvalue weighted by Gasteiger charge is 2.64. The molecule has 4 atom stereocenters. The van der Waals surface area contributed by atoms with Gasteiger partial charge in [0.05, 0.1) is 33.5 Å². The number of imide groups is 1. The lowest BCUT2D eigenvalue weighted by atomic mass is 9.83. The molecule has 2 saturated heterocycles. The number of halogens is 2. The lowest BCUT2D eigenvalue weighted by Gasteiger charge is -2.35. The Morgan fingerprint density at radius 1 is 0.974 bits per heavy atom. The van der Waals surface area contributed by atoms with E-state index >= 15 is 0 Å². The van der Waals surface area contributed by atoms with Crippen LogP contribution in [0.3, 0.4) is 0 Å². The molecule has 2 amide bonds. The van der Waals surface area contributed by atoms with E-state index < -0.39 is 46.4 Å². The van der Waals surface area contributed by atoms with Gasteiger partial charge in [0.1, 0.15) is 6.04 Å². The SMILES string of the molecule is Cc1cc([N+](=O)[O-])ccc1N1C(=O)[C@@H]2[C@H](C1=O)C1c3ccccc3C=CN1[C@@H]2C(=O)c1ccc(Cl)cc1Cl. The van der Waals surface area contributed by atoms with Crippen LogP contribution in [-0.2, 0) is 9.59 Å². The maximum absolute atomic E-state index is 14.0. The molecule has 0 saturated carbocycles. The smallest absolute Gasteiger partial charge is 0.269 e. The number of fused-ring (bicyclic) bond motifs is 5. The number of aryl methyl sites for hydroxylation is 1. The lowest BCUT2D eigenvalue weighted by Crippen LogP contribution is -2.44. The Kier molecular flexibility index (Phi) is 5.63. The highest BCUT2D eigenvalue weighted by atomic mass is 35.5. The second kappa shape index (κ2) is 8.79. The van der Waals surface area contributed by atoms with Gasteiger partial charge in [-0.25, -0.2) is 4.90 Å². The fourth-order valence-corrected chi connectivity index (χ4v) is 6.45. The number of carbonyl (C=O) groups is 3. The van der Waals surface area contributed by atoms with Crippen LogP contribution in [0.5, 0.6) is 0 Å². The third-order valence-corrected chi connectivity index (χ3v) is 8.11. The Morgan fingerprint density at radius 3 is 2.42 bits per heavy atom. The first-order valence-electron chi connectivity index (χ1n) is 11.9. The van der Waals surface area contributed by atoms with Crippen molar-refractivity contribution in [2.45, 2.75) is 19.0 Å². The summed E-state index contributed by atoms with van der Waals surface area (Å²) >= 11 is 12.4.